The van der Waals surface area contributed by atoms with Crippen LogP contribution in [0.4, 0.5) is 11.4 Å². The maximum atomic E-state index is 12.8. The summed E-state index contributed by atoms with van der Waals surface area (Å²) < 4.78 is 26.8. The van der Waals surface area contributed by atoms with Gasteiger partial charge in [0.05, 0.1) is 15.5 Å². The number of nitro benzene ring substituents is 1. The van der Waals surface area contributed by atoms with Crippen LogP contribution in [0.2, 0.25) is 5.02 Å². The molecule has 0 aliphatic heterocycles. The number of aryl methyl sites for hydroxylation is 1. The Bertz CT molecular complexity index is 852. The van der Waals surface area contributed by atoms with Crippen molar-refractivity contribution in [2.45, 2.75) is 18.7 Å². The van der Waals surface area contributed by atoms with E-state index in [0.29, 0.717) is 10.7 Å². The molecule has 0 spiro atoms. The number of anilines is 1. The van der Waals surface area contributed by atoms with Crippen molar-refractivity contribution in [1.29, 1.82) is 0 Å². The van der Waals surface area contributed by atoms with Crippen LogP contribution in [0.25, 0.3) is 0 Å². The first-order valence-corrected chi connectivity index (χ1v) is 8.62. The van der Waals surface area contributed by atoms with Gasteiger partial charge in [-0.15, -0.1) is 0 Å². The molecule has 0 heterocycles. The van der Waals surface area contributed by atoms with E-state index in [-0.39, 0.29) is 17.1 Å². The highest BCUT2D eigenvalue weighted by Crippen LogP contribution is 2.28. The minimum Gasteiger partial charge on any atom is -0.267 e. The van der Waals surface area contributed by atoms with Gasteiger partial charge in [0.25, 0.3) is 15.7 Å². The number of non-ortho nitro benzene ring substituents is 1. The van der Waals surface area contributed by atoms with Crippen LogP contribution in [0.5, 0.6) is 0 Å². The third kappa shape index (κ3) is 3.46. The van der Waals surface area contributed by atoms with E-state index < -0.39 is 14.9 Å². The highest BCUT2D eigenvalue weighted by atomic mass is 35.5. The van der Waals surface area contributed by atoms with E-state index in [1.165, 1.54) is 18.2 Å². The lowest BCUT2D eigenvalue weighted by atomic mass is 10.2. The topological polar surface area (TPSA) is 80.5 Å². The molecule has 0 aliphatic carbocycles. The van der Waals surface area contributed by atoms with Crippen LogP contribution in [0.1, 0.15) is 12.5 Å². The molecule has 0 unspecified atom stereocenters. The molecule has 0 amide bonds. The van der Waals surface area contributed by atoms with Crippen LogP contribution in [-0.2, 0) is 10.0 Å². The lowest BCUT2D eigenvalue weighted by molar-refractivity contribution is -0.385. The molecule has 0 N–H and O–H groups in total. The molecular weight excluding hydrogens is 340 g/mol. The third-order valence-electron chi connectivity index (χ3n) is 3.35. The van der Waals surface area contributed by atoms with Gasteiger partial charge in [-0.1, -0.05) is 23.7 Å². The molecule has 0 radical (unpaired) electrons. The first-order valence-electron chi connectivity index (χ1n) is 6.80. The van der Waals surface area contributed by atoms with E-state index in [9.17, 15) is 18.5 Å². The molecule has 122 valence electrons. The lowest BCUT2D eigenvalue weighted by Gasteiger charge is -2.23. The van der Waals surface area contributed by atoms with E-state index in [2.05, 4.69) is 0 Å². The Kier molecular flexibility index (Phi) is 4.91. The van der Waals surface area contributed by atoms with Gasteiger partial charge in [0.15, 0.2) is 0 Å². The zero-order valence-electron chi connectivity index (χ0n) is 12.6. The molecule has 0 aromatic heterocycles. The van der Waals surface area contributed by atoms with Crippen molar-refractivity contribution in [3.05, 3.63) is 63.2 Å². The Morgan fingerprint density at radius 1 is 1.22 bits per heavy atom. The van der Waals surface area contributed by atoms with Gasteiger partial charge in [0, 0.05) is 23.7 Å². The van der Waals surface area contributed by atoms with Crippen molar-refractivity contribution in [2.24, 2.45) is 0 Å². The second-order valence-corrected chi connectivity index (χ2v) is 7.13. The minimum absolute atomic E-state index is 0.134. The maximum Gasteiger partial charge on any atom is 0.270 e. The van der Waals surface area contributed by atoms with Crippen LogP contribution in [0.3, 0.4) is 0 Å². The smallest absolute Gasteiger partial charge is 0.267 e. The Hall–Kier alpha value is -2.12. The molecule has 0 atom stereocenters. The van der Waals surface area contributed by atoms with Crippen molar-refractivity contribution < 1.29 is 13.3 Å². The first-order chi connectivity index (χ1) is 10.8. The summed E-state index contributed by atoms with van der Waals surface area (Å²) in [6.45, 7) is 3.67. The van der Waals surface area contributed by atoms with E-state index in [4.69, 9.17) is 11.6 Å². The van der Waals surface area contributed by atoms with Gasteiger partial charge in [0.1, 0.15) is 0 Å². The number of hydrogen-bond acceptors (Lipinski definition) is 4. The number of benzene rings is 2. The van der Waals surface area contributed by atoms with Gasteiger partial charge in [-0.05, 0) is 37.6 Å². The van der Waals surface area contributed by atoms with Gasteiger partial charge < -0.3 is 0 Å². The van der Waals surface area contributed by atoms with Crippen LogP contribution in [0.15, 0.2) is 47.4 Å². The Labute approximate surface area is 139 Å². The average molecular weight is 355 g/mol. The Balaban J connectivity index is 2.53. The second-order valence-electron chi connectivity index (χ2n) is 4.86. The molecular formula is C15H15ClN2O4S. The van der Waals surface area contributed by atoms with Crippen LogP contribution < -0.4 is 4.31 Å². The maximum absolute atomic E-state index is 12.8. The molecule has 0 saturated heterocycles. The molecule has 6 nitrogen and oxygen atoms in total. The SMILES string of the molecule is CCN(c1ccc(C)c(Cl)c1)S(=O)(=O)c1cccc([N+](=O)[O-])c1. The molecule has 2 aromatic rings. The zero-order valence-corrected chi connectivity index (χ0v) is 14.1. The van der Waals surface area contributed by atoms with Gasteiger partial charge in [0.2, 0.25) is 0 Å². The van der Waals surface area contributed by atoms with Crippen LogP contribution in [0, 0.1) is 17.0 Å². The number of halogens is 1. The fourth-order valence-electron chi connectivity index (χ4n) is 2.11. The summed E-state index contributed by atoms with van der Waals surface area (Å²) in [5, 5.41) is 11.3. The van der Waals surface area contributed by atoms with E-state index in [0.717, 1.165) is 15.9 Å². The Morgan fingerprint density at radius 3 is 2.48 bits per heavy atom. The normalized spacial score (nSPS) is 11.3. The summed E-state index contributed by atoms with van der Waals surface area (Å²) >= 11 is 6.07. The molecule has 0 fully saturated rings. The predicted octanol–water partition coefficient (Wildman–Crippen LogP) is 3.77. The highest BCUT2D eigenvalue weighted by Gasteiger charge is 2.25. The number of rotatable bonds is 5. The minimum atomic E-state index is -3.92. The number of nitrogens with zero attached hydrogens (tertiary/aromatic N) is 2. The average Bonchev–Trinajstić information content (AvgIpc) is 2.51. The number of sulfonamides is 1. The Morgan fingerprint density at radius 2 is 1.91 bits per heavy atom. The van der Waals surface area contributed by atoms with Gasteiger partial charge in [-0.2, -0.15) is 0 Å². The molecule has 2 rings (SSSR count). The van der Waals surface area contributed by atoms with Crippen LogP contribution >= 0.6 is 11.6 Å². The van der Waals surface area contributed by atoms with Crippen molar-refractivity contribution in [2.75, 3.05) is 10.8 Å². The highest BCUT2D eigenvalue weighted by molar-refractivity contribution is 7.92. The van der Waals surface area contributed by atoms with Gasteiger partial charge in [-0.25, -0.2) is 8.42 Å². The second kappa shape index (κ2) is 6.55. The first kappa shape index (κ1) is 17.2. The summed E-state index contributed by atoms with van der Waals surface area (Å²) in [7, 11) is -3.92. The molecule has 8 heteroatoms. The molecule has 0 aliphatic rings. The number of hydrogen-bond donors (Lipinski definition) is 0. The molecule has 23 heavy (non-hydrogen) atoms. The quantitative estimate of drug-likeness (QED) is 0.604. The molecule has 0 bridgehead atoms. The molecule has 2 aromatic carbocycles. The van der Waals surface area contributed by atoms with Crippen molar-refractivity contribution in [3.8, 4) is 0 Å². The number of nitro groups is 1. The van der Waals surface area contributed by atoms with Crippen molar-refractivity contribution in [3.63, 3.8) is 0 Å². The largest absolute Gasteiger partial charge is 0.270 e. The molecule has 0 saturated carbocycles. The van der Waals surface area contributed by atoms with E-state index >= 15 is 0 Å². The van der Waals surface area contributed by atoms with E-state index in [1.807, 2.05) is 6.92 Å². The summed E-state index contributed by atoms with van der Waals surface area (Å²) in [6.07, 6.45) is 0. The summed E-state index contributed by atoms with van der Waals surface area (Å²) in [4.78, 5) is 10.1. The van der Waals surface area contributed by atoms with Gasteiger partial charge >= 0.3 is 0 Å². The van der Waals surface area contributed by atoms with Crippen LogP contribution in [-0.4, -0.2) is 19.9 Å². The third-order valence-corrected chi connectivity index (χ3v) is 5.65. The standard InChI is InChI=1S/C15H15ClN2O4S/c1-3-17(12-8-7-11(2)15(16)10-12)23(21,22)14-6-4-5-13(9-14)18(19)20/h4-10H,3H2,1-2H3. The summed E-state index contributed by atoms with van der Waals surface area (Å²) in [6, 6.07) is 9.92. The van der Waals surface area contributed by atoms with Crippen molar-refractivity contribution >= 4 is 33.0 Å². The zero-order chi connectivity index (χ0) is 17.2. The van der Waals surface area contributed by atoms with Crippen molar-refractivity contribution in [1.82, 2.24) is 0 Å². The monoisotopic (exact) mass is 354 g/mol. The summed E-state index contributed by atoms with van der Waals surface area (Å²) in [5.41, 5.74) is 0.970. The van der Waals surface area contributed by atoms with E-state index in [1.54, 1.807) is 25.1 Å². The van der Waals surface area contributed by atoms with Gasteiger partial charge in [-0.3, -0.25) is 14.4 Å². The summed E-state index contributed by atoms with van der Waals surface area (Å²) in [5.74, 6) is 0. The fraction of sp³-hybridized carbons (Fsp3) is 0.200. The predicted molar refractivity (Wildman–Crippen MR) is 89.5 cm³/mol. The fourth-order valence-corrected chi connectivity index (χ4v) is 3.79. The lowest BCUT2D eigenvalue weighted by Crippen LogP contribution is -2.30.